The van der Waals surface area contributed by atoms with Gasteiger partial charge in [-0.1, -0.05) is 6.92 Å². The second-order valence-electron chi connectivity index (χ2n) is 4.68. The van der Waals surface area contributed by atoms with Crippen LogP contribution in [-0.4, -0.2) is 24.5 Å². The summed E-state index contributed by atoms with van der Waals surface area (Å²) in [5, 5.41) is 0. The summed E-state index contributed by atoms with van der Waals surface area (Å²) < 4.78 is 5.67. The minimum atomic E-state index is 0.388. The van der Waals surface area contributed by atoms with E-state index in [0.717, 1.165) is 25.4 Å². The molecule has 90 valence electrons. The van der Waals surface area contributed by atoms with Crippen molar-refractivity contribution in [2.45, 2.75) is 32.7 Å². The molecule has 16 heavy (non-hydrogen) atoms. The SMILES string of the molecule is CCN1CCCC(CN)C1c1occc1C. The van der Waals surface area contributed by atoms with Gasteiger partial charge in [0.25, 0.3) is 0 Å². The third-order valence-electron chi connectivity index (χ3n) is 3.74. The Morgan fingerprint density at radius 2 is 2.38 bits per heavy atom. The van der Waals surface area contributed by atoms with Crippen LogP contribution in [0.1, 0.15) is 37.1 Å². The van der Waals surface area contributed by atoms with Gasteiger partial charge in [0.1, 0.15) is 5.76 Å². The van der Waals surface area contributed by atoms with Gasteiger partial charge in [-0.05, 0) is 56.9 Å². The normalized spacial score (nSPS) is 27.2. The number of hydrogen-bond acceptors (Lipinski definition) is 3. The average Bonchev–Trinajstić information content (AvgIpc) is 2.74. The molecule has 3 nitrogen and oxygen atoms in total. The monoisotopic (exact) mass is 222 g/mol. The van der Waals surface area contributed by atoms with Gasteiger partial charge in [0.2, 0.25) is 0 Å². The second kappa shape index (κ2) is 5.02. The molecule has 1 saturated heterocycles. The maximum absolute atomic E-state index is 5.90. The first kappa shape index (κ1) is 11.7. The van der Waals surface area contributed by atoms with Gasteiger partial charge in [0.05, 0.1) is 12.3 Å². The van der Waals surface area contributed by atoms with Crippen LogP contribution in [0.5, 0.6) is 0 Å². The Hall–Kier alpha value is -0.800. The molecule has 0 amide bonds. The molecule has 0 aliphatic carbocycles. The van der Waals surface area contributed by atoms with Crippen LogP contribution in [0.2, 0.25) is 0 Å². The number of aryl methyl sites for hydroxylation is 1. The topological polar surface area (TPSA) is 42.4 Å². The summed E-state index contributed by atoms with van der Waals surface area (Å²) in [4.78, 5) is 2.49. The molecule has 0 bridgehead atoms. The molecule has 1 aliphatic rings. The molecule has 1 fully saturated rings. The van der Waals surface area contributed by atoms with Crippen LogP contribution in [0.4, 0.5) is 0 Å². The number of rotatable bonds is 3. The summed E-state index contributed by atoms with van der Waals surface area (Å²) in [6.45, 7) is 7.32. The number of furan rings is 1. The van der Waals surface area contributed by atoms with Crippen molar-refractivity contribution in [2.75, 3.05) is 19.6 Å². The summed E-state index contributed by atoms with van der Waals surface area (Å²) in [5.74, 6) is 1.66. The van der Waals surface area contributed by atoms with E-state index in [1.54, 1.807) is 6.26 Å². The van der Waals surface area contributed by atoms with Crippen molar-refractivity contribution in [3.8, 4) is 0 Å². The van der Waals surface area contributed by atoms with Crippen LogP contribution in [0.25, 0.3) is 0 Å². The Kier molecular flexibility index (Phi) is 3.66. The molecule has 0 spiro atoms. The van der Waals surface area contributed by atoms with E-state index in [-0.39, 0.29) is 0 Å². The first-order valence-corrected chi connectivity index (χ1v) is 6.26. The van der Waals surface area contributed by atoms with E-state index in [1.807, 2.05) is 6.07 Å². The maximum atomic E-state index is 5.90. The lowest BCUT2D eigenvalue weighted by atomic mass is 9.86. The summed E-state index contributed by atoms with van der Waals surface area (Å²) in [6, 6.07) is 2.43. The number of piperidine rings is 1. The average molecular weight is 222 g/mol. The molecule has 2 N–H and O–H groups in total. The van der Waals surface area contributed by atoms with E-state index in [4.69, 9.17) is 10.2 Å². The van der Waals surface area contributed by atoms with Crippen LogP contribution < -0.4 is 5.73 Å². The highest BCUT2D eigenvalue weighted by Gasteiger charge is 2.33. The Bertz CT molecular complexity index is 322. The third-order valence-corrected chi connectivity index (χ3v) is 3.74. The van der Waals surface area contributed by atoms with Gasteiger partial charge in [-0.15, -0.1) is 0 Å². The quantitative estimate of drug-likeness (QED) is 0.853. The zero-order chi connectivity index (χ0) is 11.5. The van der Waals surface area contributed by atoms with Gasteiger partial charge in [-0.3, -0.25) is 4.90 Å². The van der Waals surface area contributed by atoms with E-state index in [2.05, 4.69) is 18.7 Å². The Balaban J connectivity index is 2.28. The Morgan fingerprint density at radius 1 is 1.56 bits per heavy atom. The first-order valence-electron chi connectivity index (χ1n) is 6.26. The van der Waals surface area contributed by atoms with Gasteiger partial charge >= 0.3 is 0 Å². The predicted molar refractivity (Wildman–Crippen MR) is 65.2 cm³/mol. The van der Waals surface area contributed by atoms with E-state index in [1.165, 1.54) is 18.4 Å². The summed E-state index contributed by atoms with van der Waals surface area (Å²) in [7, 11) is 0. The number of hydrogen-bond donors (Lipinski definition) is 1. The molecule has 2 atom stereocenters. The highest BCUT2D eigenvalue weighted by molar-refractivity contribution is 5.20. The fourth-order valence-corrected chi connectivity index (χ4v) is 2.82. The van der Waals surface area contributed by atoms with E-state index < -0.39 is 0 Å². The van der Waals surface area contributed by atoms with Gasteiger partial charge < -0.3 is 10.2 Å². The molecule has 1 aliphatic heterocycles. The standard InChI is InChI=1S/C13H22N2O/c1-3-15-7-4-5-11(9-14)12(15)13-10(2)6-8-16-13/h6,8,11-12H,3-5,7,9,14H2,1-2H3. The molecule has 1 aromatic heterocycles. The van der Waals surface area contributed by atoms with Crippen LogP contribution in [-0.2, 0) is 0 Å². The van der Waals surface area contributed by atoms with Crippen molar-refractivity contribution in [2.24, 2.45) is 11.7 Å². The number of likely N-dealkylation sites (tertiary alicyclic amines) is 1. The lowest BCUT2D eigenvalue weighted by Crippen LogP contribution is -2.41. The van der Waals surface area contributed by atoms with E-state index >= 15 is 0 Å². The predicted octanol–water partition coefficient (Wildman–Crippen LogP) is 2.32. The van der Waals surface area contributed by atoms with Crippen molar-refractivity contribution in [3.05, 3.63) is 23.7 Å². The van der Waals surface area contributed by atoms with Gasteiger partial charge in [-0.2, -0.15) is 0 Å². The third kappa shape index (κ3) is 2.02. The molecule has 2 unspecified atom stereocenters. The Morgan fingerprint density at radius 3 is 2.94 bits per heavy atom. The minimum Gasteiger partial charge on any atom is -0.467 e. The van der Waals surface area contributed by atoms with Crippen LogP contribution >= 0.6 is 0 Å². The van der Waals surface area contributed by atoms with Crippen molar-refractivity contribution in [1.82, 2.24) is 4.90 Å². The molecule has 0 aromatic carbocycles. The van der Waals surface area contributed by atoms with Crippen LogP contribution in [0.3, 0.4) is 0 Å². The van der Waals surface area contributed by atoms with Gasteiger partial charge in [0.15, 0.2) is 0 Å². The van der Waals surface area contributed by atoms with E-state index in [0.29, 0.717) is 12.0 Å². The van der Waals surface area contributed by atoms with Crippen LogP contribution in [0.15, 0.2) is 16.7 Å². The molecular formula is C13H22N2O. The number of nitrogens with two attached hydrogens (primary N) is 1. The molecule has 0 radical (unpaired) electrons. The minimum absolute atomic E-state index is 0.388. The highest BCUT2D eigenvalue weighted by atomic mass is 16.3. The molecule has 1 aromatic rings. The Labute approximate surface area is 97.6 Å². The molecular weight excluding hydrogens is 200 g/mol. The van der Waals surface area contributed by atoms with Crippen molar-refractivity contribution in [1.29, 1.82) is 0 Å². The van der Waals surface area contributed by atoms with Crippen molar-refractivity contribution >= 4 is 0 Å². The second-order valence-corrected chi connectivity index (χ2v) is 4.68. The first-order chi connectivity index (χ1) is 7.77. The zero-order valence-corrected chi connectivity index (χ0v) is 10.3. The smallest absolute Gasteiger partial charge is 0.124 e. The fraction of sp³-hybridized carbons (Fsp3) is 0.692. The van der Waals surface area contributed by atoms with Crippen molar-refractivity contribution in [3.63, 3.8) is 0 Å². The molecule has 2 rings (SSSR count). The molecule has 0 saturated carbocycles. The highest BCUT2D eigenvalue weighted by Crippen LogP contribution is 2.36. The fourth-order valence-electron chi connectivity index (χ4n) is 2.82. The maximum Gasteiger partial charge on any atom is 0.124 e. The molecule has 3 heteroatoms. The zero-order valence-electron chi connectivity index (χ0n) is 10.3. The van der Waals surface area contributed by atoms with E-state index in [9.17, 15) is 0 Å². The summed E-state index contributed by atoms with van der Waals surface area (Å²) in [6.07, 6.45) is 4.27. The van der Waals surface area contributed by atoms with Gasteiger partial charge in [-0.25, -0.2) is 0 Å². The van der Waals surface area contributed by atoms with Gasteiger partial charge in [0, 0.05) is 0 Å². The van der Waals surface area contributed by atoms with Crippen LogP contribution in [0, 0.1) is 12.8 Å². The lowest BCUT2D eigenvalue weighted by Gasteiger charge is -2.39. The largest absolute Gasteiger partial charge is 0.467 e. The van der Waals surface area contributed by atoms with Crippen molar-refractivity contribution < 1.29 is 4.42 Å². The summed E-state index contributed by atoms with van der Waals surface area (Å²) in [5.41, 5.74) is 7.15. The number of nitrogens with zero attached hydrogens (tertiary/aromatic N) is 1. The summed E-state index contributed by atoms with van der Waals surface area (Å²) >= 11 is 0. The lowest BCUT2D eigenvalue weighted by molar-refractivity contribution is 0.0845. The molecule has 2 heterocycles.